The molecule has 1 unspecified atom stereocenters. The number of rotatable bonds is 7. The van der Waals surface area contributed by atoms with Crippen molar-refractivity contribution in [2.75, 3.05) is 18.5 Å². The number of nitro benzene ring substituents is 1. The highest BCUT2D eigenvalue weighted by molar-refractivity contribution is 5.57. The molecule has 1 aromatic carbocycles. The zero-order chi connectivity index (χ0) is 14.5. The van der Waals surface area contributed by atoms with Crippen LogP contribution in [0.1, 0.15) is 27.2 Å². The van der Waals surface area contributed by atoms with E-state index in [9.17, 15) is 15.2 Å². The molecular formula is C13H20N2O4. The smallest absolute Gasteiger partial charge is 0.275 e. The van der Waals surface area contributed by atoms with Gasteiger partial charge in [-0.3, -0.25) is 10.1 Å². The van der Waals surface area contributed by atoms with Gasteiger partial charge in [-0.05, 0) is 20.3 Å². The van der Waals surface area contributed by atoms with Crippen LogP contribution in [0.25, 0.3) is 0 Å². The van der Waals surface area contributed by atoms with Crippen molar-refractivity contribution in [2.45, 2.75) is 32.7 Å². The normalized spacial score (nSPS) is 13.7. The predicted molar refractivity (Wildman–Crippen MR) is 73.7 cm³/mol. The molecule has 0 amide bonds. The van der Waals surface area contributed by atoms with Crippen LogP contribution in [0.15, 0.2) is 18.2 Å². The van der Waals surface area contributed by atoms with Gasteiger partial charge in [-0.15, -0.1) is 0 Å². The average Bonchev–Trinajstić information content (AvgIpc) is 2.38. The molecule has 2 N–H and O–H groups in total. The van der Waals surface area contributed by atoms with Crippen molar-refractivity contribution in [1.29, 1.82) is 0 Å². The monoisotopic (exact) mass is 268 g/mol. The molecular weight excluding hydrogens is 248 g/mol. The highest BCUT2D eigenvalue weighted by atomic mass is 16.6. The van der Waals surface area contributed by atoms with Gasteiger partial charge >= 0.3 is 0 Å². The third-order valence-electron chi connectivity index (χ3n) is 2.99. The minimum absolute atomic E-state index is 0.0372. The molecule has 1 rings (SSSR count). The largest absolute Gasteiger partial charge is 0.494 e. The molecule has 0 bridgehead atoms. The first-order valence-corrected chi connectivity index (χ1v) is 6.25. The molecule has 0 aliphatic carbocycles. The van der Waals surface area contributed by atoms with Gasteiger partial charge in [-0.25, -0.2) is 0 Å². The summed E-state index contributed by atoms with van der Waals surface area (Å²) in [6.45, 7) is 5.98. The first kappa shape index (κ1) is 15.2. The number of hydrogen-bond acceptors (Lipinski definition) is 5. The number of anilines is 1. The zero-order valence-corrected chi connectivity index (χ0v) is 11.5. The second-order valence-corrected chi connectivity index (χ2v) is 4.60. The van der Waals surface area contributed by atoms with Gasteiger partial charge in [0.05, 0.1) is 29.7 Å². The van der Waals surface area contributed by atoms with Crippen LogP contribution in [0.2, 0.25) is 0 Å². The van der Waals surface area contributed by atoms with E-state index >= 15 is 0 Å². The summed E-state index contributed by atoms with van der Waals surface area (Å²) in [6, 6.07) is 4.52. The maximum absolute atomic E-state index is 10.9. The van der Waals surface area contributed by atoms with Gasteiger partial charge in [0.2, 0.25) is 0 Å². The van der Waals surface area contributed by atoms with E-state index in [1.54, 1.807) is 6.07 Å². The quantitative estimate of drug-likeness (QED) is 0.586. The van der Waals surface area contributed by atoms with Crippen LogP contribution in [-0.4, -0.2) is 28.8 Å². The molecule has 6 heteroatoms. The number of ether oxygens (including phenoxy) is 1. The summed E-state index contributed by atoms with van der Waals surface area (Å²) in [5.74, 6) is 0.440. The maximum Gasteiger partial charge on any atom is 0.275 e. The van der Waals surface area contributed by atoms with Crippen molar-refractivity contribution in [2.24, 2.45) is 0 Å². The van der Waals surface area contributed by atoms with Crippen LogP contribution in [0.5, 0.6) is 5.75 Å². The molecule has 6 nitrogen and oxygen atoms in total. The third kappa shape index (κ3) is 4.10. The number of nitrogens with one attached hydrogen (secondary N) is 1. The Morgan fingerprint density at radius 1 is 1.42 bits per heavy atom. The minimum Gasteiger partial charge on any atom is -0.494 e. The van der Waals surface area contributed by atoms with Gasteiger partial charge in [-0.1, -0.05) is 6.92 Å². The lowest BCUT2D eigenvalue weighted by molar-refractivity contribution is -0.384. The number of non-ortho nitro benzene ring substituents is 1. The van der Waals surface area contributed by atoms with Crippen molar-refractivity contribution in [1.82, 2.24) is 0 Å². The summed E-state index contributed by atoms with van der Waals surface area (Å²) in [6.07, 6.45) is 0.691. The molecule has 0 heterocycles. The van der Waals surface area contributed by atoms with Crippen molar-refractivity contribution in [3.63, 3.8) is 0 Å². The molecule has 0 spiro atoms. The molecule has 106 valence electrons. The zero-order valence-electron chi connectivity index (χ0n) is 11.5. The van der Waals surface area contributed by atoms with E-state index in [1.165, 1.54) is 12.1 Å². The Morgan fingerprint density at radius 3 is 2.58 bits per heavy atom. The molecule has 1 atom stereocenters. The molecule has 0 aliphatic heterocycles. The lowest BCUT2D eigenvalue weighted by Gasteiger charge is -2.28. The second kappa shape index (κ2) is 6.38. The standard InChI is InChI=1S/C13H20N2O4/c1-4-13(3,9-16)14-10-6-11(15(17)18)8-12(7-10)19-5-2/h6-8,14,16H,4-5,9H2,1-3H3. The Kier molecular flexibility index (Phi) is 5.11. The summed E-state index contributed by atoms with van der Waals surface area (Å²) in [4.78, 5) is 10.4. The number of aliphatic hydroxyl groups excluding tert-OH is 1. The molecule has 0 fully saturated rings. The van der Waals surface area contributed by atoms with Crippen LogP contribution < -0.4 is 10.1 Å². The first-order chi connectivity index (χ1) is 8.94. The summed E-state index contributed by atoms with van der Waals surface area (Å²) in [5, 5.41) is 23.4. The first-order valence-electron chi connectivity index (χ1n) is 6.25. The predicted octanol–water partition coefficient (Wildman–Crippen LogP) is 2.57. The third-order valence-corrected chi connectivity index (χ3v) is 2.99. The Hall–Kier alpha value is -1.82. The maximum atomic E-state index is 10.9. The Morgan fingerprint density at radius 2 is 2.11 bits per heavy atom. The van der Waals surface area contributed by atoms with Gasteiger partial charge in [0.25, 0.3) is 5.69 Å². The fourth-order valence-corrected chi connectivity index (χ4v) is 1.60. The van der Waals surface area contributed by atoms with Gasteiger partial charge < -0.3 is 15.2 Å². The Labute approximate surface area is 112 Å². The van der Waals surface area contributed by atoms with Gasteiger partial charge in [-0.2, -0.15) is 0 Å². The molecule has 0 aliphatic rings. The lowest BCUT2D eigenvalue weighted by Crippen LogP contribution is -2.37. The SMILES string of the molecule is CCOc1cc(NC(C)(CC)CO)cc([N+](=O)[O-])c1. The van der Waals surface area contributed by atoms with E-state index in [-0.39, 0.29) is 12.3 Å². The average molecular weight is 268 g/mol. The number of hydrogen-bond donors (Lipinski definition) is 2. The van der Waals surface area contributed by atoms with Gasteiger partial charge in [0.1, 0.15) is 5.75 Å². The second-order valence-electron chi connectivity index (χ2n) is 4.60. The fraction of sp³-hybridized carbons (Fsp3) is 0.538. The van der Waals surface area contributed by atoms with Crippen LogP contribution in [-0.2, 0) is 0 Å². The van der Waals surface area contributed by atoms with E-state index in [1.807, 2.05) is 20.8 Å². The van der Waals surface area contributed by atoms with E-state index < -0.39 is 10.5 Å². The molecule has 0 aromatic heterocycles. The van der Waals surface area contributed by atoms with E-state index in [2.05, 4.69) is 5.32 Å². The van der Waals surface area contributed by atoms with E-state index in [0.717, 1.165) is 0 Å². The van der Waals surface area contributed by atoms with Crippen molar-refractivity contribution in [3.05, 3.63) is 28.3 Å². The molecule has 0 saturated heterocycles. The van der Waals surface area contributed by atoms with Gasteiger partial charge in [0, 0.05) is 17.8 Å². The van der Waals surface area contributed by atoms with Crippen molar-refractivity contribution in [3.8, 4) is 5.75 Å². The molecule has 0 saturated carbocycles. The number of nitro groups is 1. The summed E-state index contributed by atoms with van der Waals surface area (Å²) >= 11 is 0. The lowest BCUT2D eigenvalue weighted by atomic mass is 10.00. The van der Waals surface area contributed by atoms with Crippen LogP contribution in [0.3, 0.4) is 0 Å². The fourth-order valence-electron chi connectivity index (χ4n) is 1.60. The Balaban J connectivity index is 3.08. The highest BCUT2D eigenvalue weighted by Crippen LogP contribution is 2.28. The van der Waals surface area contributed by atoms with Crippen molar-refractivity contribution < 1.29 is 14.8 Å². The summed E-state index contributed by atoms with van der Waals surface area (Å²) < 4.78 is 5.31. The number of benzene rings is 1. The molecule has 19 heavy (non-hydrogen) atoms. The summed E-state index contributed by atoms with van der Waals surface area (Å²) in [7, 11) is 0. The topological polar surface area (TPSA) is 84.6 Å². The molecule has 0 radical (unpaired) electrons. The van der Waals surface area contributed by atoms with Crippen LogP contribution in [0.4, 0.5) is 11.4 Å². The molecule has 1 aromatic rings. The van der Waals surface area contributed by atoms with E-state index in [4.69, 9.17) is 4.74 Å². The highest BCUT2D eigenvalue weighted by Gasteiger charge is 2.22. The minimum atomic E-state index is -0.515. The summed E-state index contributed by atoms with van der Waals surface area (Å²) in [5.41, 5.74) is 0.0134. The van der Waals surface area contributed by atoms with Crippen LogP contribution in [0, 0.1) is 10.1 Å². The van der Waals surface area contributed by atoms with Crippen molar-refractivity contribution >= 4 is 11.4 Å². The van der Waals surface area contributed by atoms with Gasteiger partial charge in [0.15, 0.2) is 0 Å². The number of aliphatic hydroxyl groups is 1. The van der Waals surface area contributed by atoms with Crippen LogP contribution >= 0.6 is 0 Å². The van der Waals surface area contributed by atoms with E-state index in [0.29, 0.717) is 24.5 Å². The Bertz CT molecular complexity index is 444. The number of nitrogens with zero attached hydrogens (tertiary/aromatic N) is 1.